The van der Waals surface area contributed by atoms with E-state index in [1.165, 1.54) is 0 Å². The number of nitrogens with zero attached hydrogens (tertiary/aromatic N) is 2. The Morgan fingerprint density at radius 2 is 2.21 bits per heavy atom. The van der Waals surface area contributed by atoms with Gasteiger partial charge in [0.25, 0.3) is 5.91 Å². The lowest BCUT2D eigenvalue weighted by Gasteiger charge is -2.25. The Morgan fingerprint density at radius 3 is 2.68 bits per heavy atom. The van der Waals surface area contributed by atoms with Crippen molar-refractivity contribution < 1.29 is 9.90 Å². The Labute approximate surface area is 118 Å². The van der Waals surface area contributed by atoms with E-state index in [9.17, 15) is 9.90 Å². The first kappa shape index (κ1) is 16.0. The Bertz CT molecular complexity index is 438. The molecule has 19 heavy (non-hydrogen) atoms. The third-order valence-corrected chi connectivity index (χ3v) is 3.24. The van der Waals surface area contributed by atoms with Gasteiger partial charge in [0, 0.05) is 19.3 Å². The van der Waals surface area contributed by atoms with Gasteiger partial charge in [0.05, 0.1) is 11.1 Å². The standard InChI is InChI=1S/C13H22ClN3O2/c1-5-17-8-9(14)11(16-17)12(19)15-7-6-10(18)13(2,3)4/h8,10,18H,5-7H2,1-4H3,(H,15,19). The summed E-state index contributed by atoms with van der Waals surface area (Å²) in [4.78, 5) is 11.9. The van der Waals surface area contributed by atoms with Gasteiger partial charge in [-0.05, 0) is 18.8 Å². The largest absolute Gasteiger partial charge is 0.393 e. The lowest BCUT2D eigenvalue weighted by Crippen LogP contribution is -2.32. The number of aromatic nitrogens is 2. The zero-order chi connectivity index (χ0) is 14.6. The molecule has 0 fully saturated rings. The predicted molar refractivity (Wildman–Crippen MR) is 75.3 cm³/mol. The maximum Gasteiger partial charge on any atom is 0.273 e. The molecule has 1 amide bonds. The fourth-order valence-corrected chi connectivity index (χ4v) is 1.79. The minimum atomic E-state index is -0.462. The molecule has 0 saturated heterocycles. The van der Waals surface area contributed by atoms with Crippen molar-refractivity contribution in [1.29, 1.82) is 0 Å². The molecule has 0 aliphatic carbocycles. The third-order valence-electron chi connectivity index (χ3n) is 2.96. The fourth-order valence-electron chi connectivity index (χ4n) is 1.55. The molecule has 1 atom stereocenters. The number of carbonyl (C=O) groups is 1. The first-order valence-electron chi connectivity index (χ1n) is 6.45. The number of amides is 1. The normalized spacial score (nSPS) is 13.4. The third kappa shape index (κ3) is 4.51. The van der Waals surface area contributed by atoms with Crippen molar-refractivity contribution in [1.82, 2.24) is 15.1 Å². The molecule has 0 spiro atoms. The lowest BCUT2D eigenvalue weighted by atomic mass is 9.87. The number of halogens is 1. The molecule has 1 heterocycles. The maximum absolute atomic E-state index is 11.9. The highest BCUT2D eigenvalue weighted by Gasteiger charge is 2.22. The zero-order valence-electron chi connectivity index (χ0n) is 11.9. The quantitative estimate of drug-likeness (QED) is 0.871. The van der Waals surface area contributed by atoms with Gasteiger partial charge in [-0.2, -0.15) is 5.10 Å². The molecule has 0 bridgehead atoms. The van der Waals surface area contributed by atoms with Crippen LogP contribution in [0.4, 0.5) is 0 Å². The zero-order valence-corrected chi connectivity index (χ0v) is 12.7. The van der Waals surface area contributed by atoms with E-state index in [0.29, 0.717) is 24.5 Å². The summed E-state index contributed by atoms with van der Waals surface area (Å²) in [6.07, 6.45) is 1.67. The van der Waals surface area contributed by atoms with Crippen molar-refractivity contribution in [2.24, 2.45) is 5.41 Å². The molecule has 1 aromatic rings. The Balaban J connectivity index is 2.50. The summed E-state index contributed by atoms with van der Waals surface area (Å²) in [6.45, 7) is 8.85. The fraction of sp³-hybridized carbons (Fsp3) is 0.692. The van der Waals surface area contributed by atoms with Crippen LogP contribution in [0.3, 0.4) is 0 Å². The van der Waals surface area contributed by atoms with Crippen LogP contribution < -0.4 is 5.32 Å². The number of hydrogen-bond donors (Lipinski definition) is 2. The molecule has 2 N–H and O–H groups in total. The van der Waals surface area contributed by atoms with Crippen LogP contribution in [-0.4, -0.2) is 33.4 Å². The molecular weight excluding hydrogens is 266 g/mol. The van der Waals surface area contributed by atoms with Gasteiger partial charge in [0.15, 0.2) is 5.69 Å². The van der Waals surface area contributed by atoms with Gasteiger partial charge < -0.3 is 10.4 Å². The van der Waals surface area contributed by atoms with E-state index >= 15 is 0 Å². The Kier molecular flexibility index (Phi) is 5.38. The summed E-state index contributed by atoms with van der Waals surface area (Å²) < 4.78 is 1.61. The van der Waals surface area contributed by atoms with Gasteiger partial charge in [-0.15, -0.1) is 0 Å². The summed E-state index contributed by atoms with van der Waals surface area (Å²) in [5, 5.41) is 17.0. The Morgan fingerprint density at radius 1 is 1.58 bits per heavy atom. The summed E-state index contributed by atoms with van der Waals surface area (Å²) in [5.74, 6) is -0.307. The molecule has 6 heteroatoms. The smallest absolute Gasteiger partial charge is 0.273 e. The predicted octanol–water partition coefficient (Wildman–Crippen LogP) is 2.08. The van der Waals surface area contributed by atoms with Crippen LogP contribution in [0.1, 0.15) is 44.6 Å². The maximum atomic E-state index is 11.9. The van der Waals surface area contributed by atoms with E-state index in [2.05, 4.69) is 10.4 Å². The molecule has 108 valence electrons. The molecule has 0 radical (unpaired) electrons. The van der Waals surface area contributed by atoms with E-state index in [-0.39, 0.29) is 17.0 Å². The molecule has 0 aliphatic heterocycles. The molecule has 0 aromatic carbocycles. The first-order chi connectivity index (χ1) is 8.75. The highest BCUT2D eigenvalue weighted by atomic mass is 35.5. The second-order valence-corrected chi connectivity index (χ2v) is 6.01. The van der Waals surface area contributed by atoms with Crippen LogP contribution in [-0.2, 0) is 6.54 Å². The van der Waals surface area contributed by atoms with Crippen LogP contribution in [0, 0.1) is 5.41 Å². The Hall–Kier alpha value is -1.07. The van der Waals surface area contributed by atoms with Crippen molar-refractivity contribution in [3.8, 4) is 0 Å². The molecule has 1 unspecified atom stereocenters. The number of aryl methyl sites for hydroxylation is 1. The van der Waals surface area contributed by atoms with Crippen LogP contribution in [0.25, 0.3) is 0 Å². The average molecular weight is 288 g/mol. The summed E-state index contributed by atoms with van der Waals surface area (Å²) in [7, 11) is 0. The summed E-state index contributed by atoms with van der Waals surface area (Å²) in [5.41, 5.74) is 0.0420. The molecule has 0 aliphatic rings. The second-order valence-electron chi connectivity index (χ2n) is 5.61. The molecule has 1 rings (SSSR count). The van der Waals surface area contributed by atoms with Gasteiger partial charge in [0.2, 0.25) is 0 Å². The molecular formula is C13H22ClN3O2. The summed E-state index contributed by atoms with van der Waals surface area (Å²) in [6, 6.07) is 0. The van der Waals surface area contributed by atoms with Crippen molar-refractivity contribution in [2.45, 2.75) is 46.8 Å². The van der Waals surface area contributed by atoms with Gasteiger partial charge in [-0.25, -0.2) is 0 Å². The van der Waals surface area contributed by atoms with E-state index < -0.39 is 6.10 Å². The number of hydrogen-bond acceptors (Lipinski definition) is 3. The highest BCUT2D eigenvalue weighted by Crippen LogP contribution is 2.21. The van der Waals surface area contributed by atoms with Crippen LogP contribution in [0.15, 0.2) is 6.20 Å². The monoisotopic (exact) mass is 287 g/mol. The minimum absolute atomic E-state index is 0.188. The van der Waals surface area contributed by atoms with E-state index in [4.69, 9.17) is 11.6 Å². The first-order valence-corrected chi connectivity index (χ1v) is 6.82. The average Bonchev–Trinajstić information content (AvgIpc) is 2.69. The van der Waals surface area contributed by atoms with E-state index in [0.717, 1.165) is 0 Å². The van der Waals surface area contributed by atoms with Crippen molar-refractivity contribution in [3.63, 3.8) is 0 Å². The summed E-state index contributed by atoms with van der Waals surface area (Å²) >= 11 is 5.94. The lowest BCUT2D eigenvalue weighted by molar-refractivity contribution is 0.0550. The van der Waals surface area contributed by atoms with Crippen molar-refractivity contribution in [3.05, 3.63) is 16.9 Å². The minimum Gasteiger partial charge on any atom is -0.393 e. The number of nitrogens with one attached hydrogen (secondary N) is 1. The van der Waals surface area contributed by atoms with Crippen molar-refractivity contribution in [2.75, 3.05) is 6.54 Å². The SMILES string of the molecule is CCn1cc(Cl)c(C(=O)NCCC(O)C(C)(C)C)n1. The number of carbonyl (C=O) groups excluding carboxylic acids is 1. The van der Waals surface area contributed by atoms with Crippen LogP contribution >= 0.6 is 11.6 Å². The van der Waals surface area contributed by atoms with Crippen LogP contribution in [0.5, 0.6) is 0 Å². The number of aliphatic hydroxyl groups excluding tert-OH is 1. The van der Waals surface area contributed by atoms with Gasteiger partial charge >= 0.3 is 0 Å². The van der Waals surface area contributed by atoms with Gasteiger partial charge in [-0.1, -0.05) is 32.4 Å². The molecule has 5 nitrogen and oxygen atoms in total. The topological polar surface area (TPSA) is 67.2 Å². The molecule has 0 saturated carbocycles. The van der Waals surface area contributed by atoms with E-state index in [1.54, 1.807) is 10.9 Å². The number of aliphatic hydroxyl groups is 1. The second kappa shape index (κ2) is 6.39. The van der Waals surface area contributed by atoms with Crippen LogP contribution in [0.2, 0.25) is 5.02 Å². The highest BCUT2D eigenvalue weighted by molar-refractivity contribution is 6.33. The molecule has 1 aromatic heterocycles. The van der Waals surface area contributed by atoms with Gasteiger partial charge in [0.1, 0.15) is 0 Å². The van der Waals surface area contributed by atoms with Gasteiger partial charge in [-0.3, -0.25) is 9.48 Å². The number of rotatable bonds is 5. The van der Waals surface area contributed by atoms with E-state index in [1.807, 2.05) is 27.7 Å². The van der Waals surface area contributed by atoms with Crippen molar-refractivity contribution >= 4 is 17.5 Å².